The molecule has 26 heavy (non-hydrogen) atoms. The predicted octanol–water partition coefficient (Wildman–Crippen LogP) is 3.81. The molecule has 5 nitrogen and oxygen atoms in total. The molecule has 2 fully saturated rings. The second kappa shape index (κ2) is 5.96. The Balaban J connectivity index is 1.70. The molecule has 2 aromatic rings. The van der Waals surface area contributed by atoms with Crippen molar-refractivity contribution in [2.45, 2.75) is 35.5 Å². The van der Waals surface area contributed by atoms with Crippen LogP contribution in [0.3, 0.4) is 0 Å². The number of benzene rings is 1. The summed E-state index contributed by atoms with van der Waals surface area (Å²) >= 11 is 3.20. The van der Waals surface area contributed by atoms with E-state index in [1.165, 1.54) is 30.6 Å². The first-order valence-corrected chi connectivity index (χ1v) is 10.6. The van der Waals surface area contributed by atoms with Gasteiger partial charge >= 0.3 is 4.87 Å². The topological polar surface area (TPSA) is 71.6 Å². The highest BCUT2D eigenvalue weighted by atomic mass is 32.2. The first-order valence-electron chi connectivity index (χ1n) is 8.95. The fourth-order valence-corrected chi connectivity index (χ4v) is 8.21. The Morgan fingerprint density at radius 3 is 2.54 bits per heavy atom. The molecular formula is C19H21NO4S2. The van der Waals surface area contributed by atoms with Crippen molar-refractivity contribution in [3.8, 4) is 17.2 Å². The Labute approximate surface area is 159 Å². The number of rotatable bonds is 3. The van der Waals surface area contributed by atoms with Crippen LogP contribution < -0.4 is 14.3 Å². The van der Waals surface area contributed by atoms with Gasteiger partial charge in [0.15, 0.2) is 11.5 Å². The van der Waals surface area contributed by atoms with Gasteiger partial charge in [0.25, 0.3) is 0 Å². The van der Waals surface area contributed by atoms with E-state index in [0.717, 1.165) is 21.4 Å². The lowest BCUT2D eigenvalue weighted by Crippen LogP contribution is -2.33. The number of fused-ring (bicyclic) bond motifs is 6. The van der Waals surface area contributed by atoms with E-state index in [1.54, 1.807) is 14.2 Å². The molecule has 0 saturated heterocycles. The van der Waals surface area contributed by atoms with Crippen LogP contribution in [0.1, 0.15) is 35.6 Å². The minimum absolute atomic E-state index is 0.0116. The molecule has 1 aliphatic heterocycles. The molecule has 0 amide bonds. The Morgan fingerprint density at radius 2 is 1.85 bits per heavy atom. The molecule has 1 aromatic heterocycles. The second-order valence-corrected chi connectivity index (χ2v) is 9.66. The smallest absolute Gasteiger partial charge is 0.305 e. The molecule has 0 spiro atoms. The maximum atomic E-state index is 12.1. The van der Waals surface area contributed by atoms with Gasteiger partial charge in [-0.3, -0.25) is 4.79 Å². The fraction of sp³-hybridized carbons (Fsp3) is 0.526. The van der Waals surface area contributed by atoms with E-state index >= 15 is 0 Å². The fourth-order valence-electron chi connectivity index (χ4n) is 5.32. The summed E-state index contributed by atoms with van der Waals surface area (Å²) in [5.41, 5.74) is 1.07. The number of phenolic OH excluding ortho intramolecular Hbond substituents is 1. The number of aromatic hydroxyl groups is 1. The molecule has 2 heterocycles. The van der Waals surface area contributed by atoms with Crippen LogP contribution in [0.15, 0.2) is 22.0 Å². The third kappa shape index (κ3) is 2.26. The number of thiazole rings is 1. The molecular weight excluding hydrogens is 370 g/mol. The summed E-state index contributed by atoms with van der Waals surface area (Å²) in [4.78, 5) is 16.3. The lowest BCUT2D eigenvalue weighted by molar-refractivity contribution is 0.304. The van der Waals surface area contributed by atoms with E-state index in [4.69, 9.17) is 9.47 Å². The molecule has 7 heteroatoms. The van der Waals surface area contributed by atoms with Gasteiger partial charge in [0, 0.05) is 16.0 Å². The quantitative estimate of drug-likeness (QED) is 0.832. The zero-order chi connectivity index (χ0) is 18.0. The zero-order valence-electron chi connectivity index (χ0n) is 14.7. The van der Waals surface area contributed by atoms with Crippen molar-refractivity contribution in [2.75, 3.05) is 14.2 Å². The number of phenols is 1. The lowest BCUT2D eigenvalue weighted by atomic mass is 9.75. The van der Waals surface area contributed by atoms with Crippen LogP contribution in [-0.4, -0.2) is 29.6 Å². The number of aromatic nitrogens is 1. The molecule has 2 N–H and O–H groups in total. The Bertz CT molecular complexity index is 895. The first kappa shape index (κ1) is 16.6. The molecule has 0 radical (unpaired) electrons. The van der Waals surface area contributed by atoms with Gasteiger partial charge in [0.2, 0.25) is 5.75 Å². The highest BCUT2D eigenvalue weighted by molar-refractivity contribution is 8.00. The predicted molar refractivity (Wildman–Crippen MR) is 102 cm³/mol. The van der Waals surface area contributed by atoms with Crippen molar-refractivity contribution in [3.05, 3.63) is 32.2 Å². The van der Waals surface area contributed by atoms with Crippen LogP contribution in [0.4, 0.5) is 0 Å². The van der Waals surface area contributed by atoms with E-state index in [2.05, 4.69) is 4.98 Å². The minimum atomic E-state index is 0.0116. The molecule has 2 saturated carbocycles. The number of thioether (sulfide) groups is 1. The third-order valence-electron chi connectivity index (χ3n) is 6.33. The standard InChI is InChI=1S/C19H21NO4S2/c1-23-11-6-10(7-12(24-2)15(11)21)14-13-8-3-4-9(5-8)16(13)25-18-17(14)26-19(22)20-18/h6-9,13-14,16,21H,3-5H2,1-2H3,(H,20,22)/t8?,9?,13?,14-,16?/m1/s1. The van der Waals surface area contributed by atoms with Crippen LogP contribution in [0.5, 0.6) is 17.2 Å². The Hall–Kier alpha value is -1.60. The average molecular weight is 392 g/mol. The van der Waals surface area contributed by atoms with Crippen LogP contribution in [0.25, 0.3) is 0 Å². The highest BCUT2D eigenvalue weighted by Gasteiger charge is 2.54. The molecule has 2 bridgehead atoms. The van der Waals surface area contributed by atoms with Gasteiger partial charge in [-0.25, -0.2) is 0 Å². The van der Waals surface area contributed by atoms with Gasteiger partial charge in [-0.15, -0.1) is 11.8 Å². The summed E-state index contributed by atoms with van der Waals surface area (Å²) in [6.07, 6.45) is 3.88. The highest BCUT2D eigenvalue weighted by Crippen LogP contribution is 2.64. The van der Waals surface area contributed by atoms with Crippen molar-refractivity contribution >= 4 is 23.1 Å². The van der Waals surface area contributed by atoms with E-state index in [-0.39, 0.29) is 16.5 Å². The summed E-state index contributed by atoms with van der Waals surface area (Å²) in [6, 6.07) is 3.82. The molecule has 138 valence electrons. The van der Waals surface area contributed by atoms with Gasteiger partial charge in [-0.2, -0.15) is 0 Å². The summed E-state index contributed by atoms with van der Waals surface area (Å²) in [6.45, 7) is 0. The molecule has 5 rings (SSSR count). The van der Waals surface area contributed by atoms with Crippen molar-refractivity contribution in [1.29, 1.82) is 0 Å². The summed E-state index contributed by atoms with van der Waals surface area (Å²) in [5.74, 6) is 2.99. The van der Waals surface area contributed by atoms with Gasteiger partial charge in [-0.05, 0) is 54.7 Å². The number of methoxy groups -OCH3 is 2. The largest absolute Gasteiger partial charge is 0.502 e. The number of nitrogens with one attached hydrogen (secondary N) is 1. The van der Waals surface area contributed by atoms with Gasteiger partial charge < -0.3 is 19.6 Å². The van der Waals surface area contributed by atoms with Crippen LogP contribution in [0.2, 0.25) is 0 Å². The molecule has 3 aliphatic rings. The number of ether oxygens (including phenoxy) is 2. The SMILES string of the molecule is COc1cc([C@H]2c3sc(=O)[nH]c3SC3C4CCC(C4)C32)cc(OC)c1O. The van der Waals surface area contributed by atoms with E-state index in [1.807, 2.05) is 23.9 Å². The maximum Gasteiger partial charge on any atom is 0.305 e. The monoisotopic (exact) mass is 391 g/mol. The van der Waals surface area contributed by atoms with E-state index in [0.29, 0.717) is 28.6 Å². The first-order chi connectivity index (χ1) is 12.6. The van der Waals surface area contributed by atoms with E-state index in [9.17, 15) is 9.90 Å². The summed E-state index contributed by atoms with van der Waals surface area (Å²) in [5, 5.41) is 11.9. The maximum absolute atomic E-state index is 12.1. The van der Waals surface area contributed by atoms with Crippen LogP contribution >= 0.6 is 23.1 Å². The Kier molecular flexibility index (Phi) is 3.79. The van der Waals surface area contributed by atoms with Crippen LogP contribution in [-0.2, 0) is 0 Å². The lowest BCUT2D eigenvalue weighted by Gasteiger charge is -2.40. The zero-order valence-corrected chi connectivity index (χ0v) is 16.3. The van der Waals surface area contributed by atoms with Crippen LogP contribution in [0, 0.1) is 17.8 Å². The summed E-state index contributed by atoms with van der Waals surface area (Å²) in [7, 11) is 3.10. The minimum Gasteiger partial charge on any atom is -0.502 e. The number of H-pyrrole nitrogens is 1. The number of aromatic amines is 1. The number of hydrogen-bond acceptors (Lipinski definition) is 6. The molecule has 1 aromatic carbocycles. The third-order valence-corrected chi connectivity index (χ3v) is 8.95. The van der Waals surface area contributed by atoms with Crippen molar-refractivity contribution in [1.82, 2.24) is 4.98 Å². The normalized spacial score (nSPS) is 31.5. The average Bonchev–Trinajstić information content (AvgIpc) is 3.33. The van der Waals surface area contributed by atoms with Crippen molar-refractivity contribution < 1.29 is 14.6 Å². The van der Waals surface area contributed by atoms with Gasteiger partial charge in [0.05, 0.1) is 19.2 Å². The van der Waals surface area contributed by atoms with Gasteiger partial charge in [-0.1, -0.05) is 11.3 Å². The molecule has 4 unspecified atom stereocenters. The van der Waals surface area contributed by atoms with Crippen molar-refractivity contribution in [3.63, 3.8) is 0 Å². The van der Waals surface area contributed by atoms with Crippen molar-refractivity contribution in [2.24, 2.45) is 17.8 Å². The number of hydrogen-bond donors (Lipinski definition) is 2. The molecule has 5 atom stereocenters. The summed E-state index contributed by atoms with van der Waals surface area (Å²) < 4.78 is 10.8. The van der Waals surface area contributed by atoms with E-state index < -0.39 is 0 Å². The van der Waals surface area contributed by atoms with Gasteiger partial charge in [0.1, 0.15) is 0 Å². The molecule has 2 aliphatic carbocycles. The second-order valence-electron chi connectivity index (χ2n) is 7.45. The Morgan fingerprint density at radius 1 is 1.15 bits per heavy atom.